The van der Waals surface area contributed by atoms with Gasteiger partial charge in [-0.2, -0.15) is 0 Å². The number of nitrogens with zero attached hydrogens (tertiary/aromatic N) is 1. The van der Waals surface area contributed by atoms with Gasteiger partial charge in [-0.1, -0.05) is 6.92 Å². The van der Waals surface area contributed by atoms with E-state index in [0.717, 1.165) is 12.1 Å². The Morgan fingerprint density at radius 2 is 2.33 bits per heavy atom. The number of aromatic nitrogens is 1. The number of pyridine rings is 1. The normalized spacial score (nSPS) is 12.9. The smallest absolute Gasteiger partial charge is 0.141 e. The lowest BCUT2D eigenvalue weighted by Crippen LogP contribution is -2.04. The minimum Gasteiger partial charge on any atom is -0.396 e. The summed E-state index contributed by atoms with van der Waals surface area (Å²) >= 11 is 0. The second kappa shape index (κ2) is 4.16. The van der Waals surface area contributed by atoms with Crippen molar-refractivity contribution < 1.29 is 9.50 Å². The fourth-order valence-corrected chi connectivity index (χ4v) is 1.06. The predicted octanol–water partition coefficient (Wildman–Crippen LogP) is 1.71. The van der Waals surface area contributed by atoms with Crippen molar-refractivity contribution in [1.82, 2.24) is 4.98 Å². The van der Waals surface area contributed by atoms with Gasteiger partial charge in [0.1, 0.15) is 5.82 Å². The zero-order valence-electron chi connectivity index (χ0n) is 7.00. The summed E-state index contributed by atoms with van der Waals surface area (Å²) in [6.45, 7) is 2.03. The van der Waals surface area contributed by atoms with E-state index >= 15 is 0 Å². The molecule has 0 saturated carbocycles. The van der Waals surface area contributed by atoms with E-state index in [-0.39, 0.29) is 18.3 Å². The number of aliphatic hydroxyl groups excluding tert-OH is 1. The molecule has 3 heteroatoms. The first-order valence-electron chi connectivity index (χ1n) is 4.00. The SMILES string of the molecule is CCC(CO)c1ccc(F)cn1. The highest BCUT2D eigenvalue weighted by molar-refractivity contribution is 5.10. The molecule has 2 nitrogen and oxygen atoms in total. The van der Waals surface area contributed by atoms with Crippen molar-refractivity contribution in [1.29, 1.82) is 0 Å². The lowest BCUT2D eigenvalue weighted by atomic mass is 10.0. The lowest BCUT2D eigenvalue weighted by molar-refractivity contribution is 0.260. The summed E-state index contributed by atoms with van der Waals surface area (Å²) in [4.78, 5) is 3.89. The molecule has 0 aromatic carbocycles. The van der Waals surface area contributed by atoms with Crippen LogP contribution in [0.2, 0.25) is 0 Å². The Hall–Kier alpha value is -0.960. The van der Waals surface area contributed by atoms with E-state index in [0.29, 0.717) is 0 Å². The van der Waals surface area contributed by atoms with Gasteiger partial charge in [0.05, 0.1) is 12.8 Å². The predicted molar refractivity (Wildman–Crippen MR) is 44.3 cm³/mol. The fourth-order valence-electron chi connectivity index (χ4n) is 1.06. The summed E-state index contributed by atoms with van der Waals surface area (Å²) in [5.41, 5.74) is 0.751. The van der Waals surface area contributed by atoms with Crippen LogP contribution in [0.15, 0.2) is 18.3 Å². The maximum absolute atomic E-state index is 12.4. The van der Waals surface area contributed by atoms with Gasteiger partial charge in [-0.25, -0.2) is 4.39 Å². The lowest BCUT2D eigenvalue weighted by Gasteiger charge is -2.09. The molecule has 1 atom stereocenters. The van der Waals surface area contributed by atoms with Gasteiger partial charge < -0.3 is 5.11 Å². The van der Waals surface area contributed by atoms with Crippen LogP contribution >= 0.6 is 0 Å². The van der Waals surface area contributed by atoms with Crippen LogP contribution < -0.4 is 0 Å². The number of hydrogen-bond acceptors (Lipinski definition) is 2. The summed E-state index contributed by atoms with van der Waals surface area (Å²) in [5, 5.41) is 8.92. The quantitative estimate of drug-likeness (QED) is 0.747. The Bertz CT molecular complexity index is 231. The molecule has 1 aromatic rings. The number of rotatable bonds is 3. The minimum absolute atomic E-state index is 0.0330. The molecule has 0 amide bonds. The van der Waals surface area contributed by atoms with Crippen molar-refractivity contribution in [3.05, 3.63) is 29.8 Å². The van der Waals surface area contributed by atoms with E-state index in [1.807, 2.05) is 6.92 Å². The zero-order chi connectivity index (χ0) is 8.97. The summed E-state index contributed by atoms with van der Waals surface area (Å²) in [7, 11) is 0. The van der Waals surface area contributed by atoms with Crippen LogP contribution in [0.4, 0.5) is 4.39 Å². The van der Waals surface area contributed by atoms with Crippen molar-refractivity contribution in [2.45, 2.75) is 19.3 Å². The third kappa shape index (κ3) is 2.01. The molecule has 1 N–H and O–H groups in total. The first kappa shape index (κ1) is 9.13. The summed E-state index contributed by atoms with van der Waals surface area (Å²) in [5.74, 6) is -0.308. The molecule has 0 aliphatic rings. The Morgan fingerprint density at radius 1 is 1.58 bits per heavy atom. The molecule has 0 radical (unpaired) electrons. The van der Waals surface area contributed by atoms with Crippen LogP contribution in [0.5, 0.6) is 0 Å². The van der Waals surface area contributed by atoms with Crippen molar-refractivity contribution in [3.8, 4) is 0 Å². The molecule has 1 aromatic heterocycles. The largest absolute Gasteiger partial charge is 0.396 e. The molecular formula is C9H12FNO. The molecule has 1 rings (SSSR count). The molecule has 0 bridgehead atoms. The summed E-state index contributed by atoms with van der Waals surface area (Å²) in [6.07, 6.45) is 1.99. The van der Waals surface area contributed by atoms with Gasteiger partial charge in [0.2, 0.25) is 0 Å². The molecule has 1 heterocycles. The summed E-state index contributed by atoms with van der Waals surface area (Å²) in [6, 6.07) is 2.97. The first-order chi connectivity index (χ1) is 5.77. The fraction of sp³-hybridized carbons (Fsp3) is 0.444. The molecule has 0 aliphatic heterocycles. The Labute approximate surface area is 71.1 Å². The minimum atomic E-state index is -0.341. The molecule has 0 saturated heterocycles. The second-order valence-corrected chi connectivity index (χ2v) is 2.69. The van der Waals surface area contributed by atoms with Gasteiger partial charge in [0.15, 0.2) is 0 Å². The van der Waals surface area contributed by atoms with E-state index in [1.54, 1.807) is 6.07 Å². The van der Waals surface area contributed by atoms with Gasteiger partial charge in [0.25, 0.3) is 0 Å². The Morgan fingerprint density at radius 3 is 2.75 bits per heavy atom. The van der Waals surface area contributed by atoms with Gasteiger partial charge in [-0.3, -0.25) is 4.98 Å². The van der Waals surface area contributed by atoms with Gasteiger partial charge in [0, 0.05) is 11.6 Å². The number of hydrogen-bond donors (Lipinski definition) is 1. The van der Waals surface area contributed by atoms with Crippen LogP contribution in [0.25, 0.3) is 0 Å². The van der Waals surface area contributed by atoms with Crippen LogP contribution in [0.3, 0.4) is 0 Å². The maximum Gasteiger partial charge on any atom is 0.141 e. The van der Waals surface area contributed by atoms with E-state index < -0.39 is 0 Å². The average Bonchev–Trinajstić information content (AvgIpc) is 2.10. The second-order valence-electron chi connectivity index (χ2n) is 2.69. The number of halogens is 1. The van der Waals surface area contributed by atoms with E-state index in [1.165, 1.54) is 12.3 Å². The third-order valence-corrected chi connectivity index (χ3v) is 1.88. The van der Waals surface area contributed by atoms with E-state index in [9.17, 15) is 4.39 Å². The molecule has 0 aliphatic carbocycles. The number of aliphatic hydroxyl groups is 1. The molecule has 0 spiro atoms. The topological polar surface area (TPSA) is 33.1 Å². The molecule has 1 unspecified atom stereocenters. The Balaban J connectivity index is 2.80. The zero-order valence-corrected chi connectivity index (χ0v) is 7.00. The molecule has 66 valence electrons. The highest BCUT2D eigenvalue weighted by Gasteiger charge is 2.08. The van der Waals surface area contributed by atoms with E-state index in [2.05, 4.69) is 4.98 Å². The first-order valence-corrected chi connectivity index (χ1v) is 4.00. The average molecular weight is 169 g/mol. The van der Waals surface area contributed by atoms with Gasteiger partial charge >= 0.3 is 0 Å². The van der Waals surface area contributed by atoms with Crippen molar-refractivity contribution in [3.63, 3.8) is 0 Å². The van der Waals surface area contributed by atoms with Crippen LogP contribution in [-0.4, -0.2) is 16.7 Å². The summed E-state index contributed by atoms with van der Waals surface area (Å²) < 4.78 is 12.4. The molecular weight excluding hydrogens is 157 g/mol. The van der Waals surface area contributed by atoms with Crippen LogP contribution in [-0.2, 0) is 0 Å². The monoisotopic (exact) mass is 169 g/mol. The highest BCUT2D eigenvalue weighted by Crippen LogP contribution is 2.15. The van der Waals surface area contributed by atoms with Crippen molar-refractivity contribution >= 4 is 0 Å². The standard InChI is InChI=1S/C9H12FNO/c1-2-7(6-12)9-4-3-8(10)5-11-9/h3-5,7,12H,2,6H2,1H3. The van der Waals surface area contributed by atoms with Crippen LogP contribution in [0, 0.1) is 5.82 Å². The highest BCUT2D eigenvalue weighted by atomic mass is 19.1. The maximum atomic E-state index is 12.4. The molecule has 12 heavy (non-hydrogen) atoms. The Kier molecular flexibility index (Phi) is 3.17. The van der Waals surface area contributed by atoms with E-state index in [4.69, 9.17) is 5.11 Å². The van der Waals surface area contributed by atoms with Crippen LogP contribution in [0.1, 0.15) is 25.0 Å². The third-order valence-electron chi connectivity index (χ3n) is 1.88. The van der Waals surface area contributed by atoms with Crippen molar-refractivity contribution in [2.75, 3.05) is 6.61 Å². The molecule has 0 fully saturated rings. The van der Waals surface area contributed by atoms with Gasteiger partial charge in [-0.05, 0) is 18.6 Å². The van der Waals surface area contributed by atoms with Gasteiger partial charge in [-0.15, -0.1) is 0 Å². The van der Waals surface area contributed by atoms with Crippen molar-refractivity contribution in [2.24, 2.45) is 0 Å².